The monoisotopic (exact) mass is 307 g/mol. The fourth-order valence-electron chi connectivity index (χ4n) is 2.34. The number of aromatic hydroxyl groups is 1. The molecule has 0 fully saturated rings. The van der Waals surface area contributed by atoms with Gasteiger partial charge in [0, 0.05) is 6.54 Å². The second-order valence-corrected chi connectivity index (χ2v) is 5.17. The molecule has 0 unspecified atom stereocenters. The van der Waals surface area contributed by atoms with Crippen LogP contribution in [0.5, 0.6) is 5.75 Å². The molecule has 1 heterocycles. The zero-order chi connectivity index (χ0) is 16.1. The van der Waals surface area contributed by atoms with Gasteiger partial charge in [0.2, 0.25) is 0 Å². The lowest BCUT2D eigenvalue weighted by atomic mass is 10.1. The van der Waals surface area contributed by atoms with E-state index in [0.717, 1.165) is 6.42 Å². The molecule has 1 amide bonds. The lowest BCUT2D eigenvalue weighted by Crippen LogP contribution is -2.25. The minimum Gasteiger partial charge on any atom is -0.507 e. The van der Waals surface area contributed by atoms with Crippen LogP contribution in [-0.4, -0.2) is 17.6 Å². The molecule has 2 aromatic carbocycles. The molecule has 3 rings (SSSR count). The number of hydrogen-bond donors (Lipinski definition) is 2. The average Bonchev–Trinajstić information content (AvgIpc) is 3.06. The molecule has 116 valence electrons. The van der Waals surface area contributed by atoms with Gasteiger partial charge in [-0.3, -0.25) is 4.79 Å². The standard InChI is InChI=1S/C19H17NO3/c21-16-9-5-4-8-15(16)17-10-11-18(23-17)19(22)20-13-12-14-6-2-1-3-7-14/h1-11,21H,12-13H2,(H,20,22). The van der Waals surface area contributed by atoms with Crippen LogP contribution in [0.25, 0.3) is 11.3 Å². The summed E-state index contributed by atoms with van der Waals surface area (Å²) in [6.45, 7) is 0.537. The molecule has 0 aliphatic carbocycles. The highest BCUT2D eigenvalue weighted by Crippen LogP contribution is 2.29. The number of benzene rings is 2. The van der Waals surface area contributed by atoms with E-state index in [1.54, 1.807) is 36.4 Å². The number of hydrogen-bond acceptors (Lipinski definition) is 3. The van der Waals surface area contributed by atoms with Crippen molar-refractivity contribution in [3.05, 3.63) is 78.1 Å². The number of phenols is 1. The second kappa shape index (κ2) is 6.83. The Balaban J connectivity index is 1.62. The van der Waals surface area contributed by atoms with E-state index in [1.165, 1.54) is 5.56 Å². The van der Waals surface area contributed by atoms with Gasteiger partial charge in [-0.2, -0.15) is 0 Å². The predicted molar refractivity (Wildman–Crippen MR) is 88.3 cm³/mol. The summed E-state index contributed by atoms with van der Waals surface area (Å²) < 4.78 is 5.54. The largest absolute Gasteiger partial charge is 0.507 e. The summed E-state index contributed by atoms with van der Waals surface area (Å²) in [6, 6.07) is 20.1. The average molecular weight is 307 g/mol. The highest BCUT2D eigenvalue weighted by Gasteiger charge is 2.13. The molecular formula is C19H17NO3. The summed E-state index contributed by atoms with van der Waals surface area (Å²) in [6.07, 6.45) is 0.764. The first-order chi connectivity index (χ1) is 11.2. The number of nitrogens with one attached hydrogen (secondary N) is 1. The molecule has 4 nitrogen and oxygen atoms in total. The van der Waals surface area contributed by atoms with Crippen molar-refractivity contribution in [3.8, 4) is 17.1 Å². The van der Waals surface area contributed by atoms with Crippen LogP contribution in [0.3, 0.4) is 0 Å². The molecule has 0 atom stereocenters. The van der Waals surface area contributed by atoms with Crippen LogP contribution in [0.15, 0.2) is 71.1 Å². The quantitative estimate of drug-likeness (QED) is 0.756. The number of rotatable bonds is 5. The summed E-state index contributed by atoms with van der Waals surface area (Å²) in [4.78, 5) is 12.1. The van der Waals surface area contributed by atoms with Gasteiger partial charge in [-0.1, -0.05) is 42.5 Å². The van der Waals surface area contributed by atoms with Gasteiger partial charge in [0.05, 0.1) is 5.56 Å². The van der Waals surface area contributed by atoms with Gasteiger partial charge in [0.25, 0.3) is 5.91 Å². The van der Waals surface area contributed by atoms with Crippen molar-refractivity contribution in [1.82, 2.24) is 5.32 Å². The zero-order valence-electron chi connectivity index (χ0n) is 12.5. The highest BCUT2D eigenvalue weighted by molar-refractivity contribution is 5.92. The number of furan rings is 1. The molecule has 0 saturated carbocycles. The van der Waals surface area contributed by atoms with Crippen molar-refractivity contribution in [2.75, 3.05) is 6.54 Å². The Morgan fingerprint density at radius 1 is 0.957 bits per heavy atom. The first-order valence-electron chi connectivity index (χ1n) is 7.44. The van der Waals surface area contributed by atoms with Gasteiger partial charge in [-0.05, 0) is 36.2 Å². The summed E-state index contributed by atoms with van der Waals surface area (Å²) in [5, 5.41) is 12.7. The van der Waals surface area contributed by atoms with Crippen molar-refractivity contribution in [2.24, 2.45) is 0 Å². The number of carbonyl (C=O) groups excluding carboxylic acids is 1. The van der Waals surface area contributed by atoms with E-state index in [4.69, 9.17) is 4.42 Å². The van der Waals surface area contributed by atoms with Crippen LogP contribution in [-0.2, 0) is 6.42 Å². The van der Waals surface area contributed by atoms with Gasteiger partial charge in [-0.15, -0.1) is 0 Å². The molecule has 0 spiro atoms. The van der Waals surface area contributed by atoms with Gasteiger partial charge in [-0.25, -0.2) is 0 Å². The Kier molecular flexibility index (Phi) is 4.43. The normalized spacial score (nSPS) is 10.4. The van der Waals surface area contributed by atoms with Crippen molar-refractivity contribution in [2.45, 2.75) is 6.42 Å². The third-order valence-electron chi connectivity index (χ3n) is 3.54. The van der Waals surface area contributed by atoms with Crippen LogP contribution < -0.4 is 5.32 Å². The smallest absolute Gasteiger partial charge is 0.287 e. The van der Waals surface area contributed by atoms with Crippen LogP contribution in [0.2, 0.25) is 0 Å². The fourth-order valence-corrected chi connectivity index (χ4v) is 2.34. The number of phenolic OH excluding ortho intramolecular Hbond substituents is 1. The van der Waals surface area contributed by atoms with Crippen molar-refractivity contribution < 1.29 is 14.3 Å². The van der Waals surface area contributed by atoms with Gasteiger partial charge < -0.3 is 14.8 Å². The predicted octanol–water partition coefficient (Wildman–Crippen LogP) is 3.62. The van der Waals surface area contributed by atoms with E-state index in [2.05, 4.69) is 5.32 Å². The SMILES string of the molecule is O=C(NCCc1ccccc1)c1ccc(-c2ccccc2O)o1. The second-order valence-electron chi connectivity index (χ2n) is 5.17. The maximum absolute atomic E-state index is 12.1. The molecule has 3 aromatic rings. The minimum atomic E-state index is -0.261. The van der Waals surface area contributed by atoms with Crippen LogP contribution >= 0.6 is 0 Å². The molecule has 2 N–H and O–H groups in total. The molecule has 0 aliphatic rings. The van der Waals surface area contributed by atoms with E-state index in [1.807, 2.05) is 30.3 Å². The van der Waals surface area contributed by atoms with E-state index >= 15 is 0 Å². The van der Waals surface area contributed by atoms with E-state index in [-0.39, 0.29) is 17.4 Å². The summed E-state index contributed by atoms with van der Waals surface area (Å²) in [5.74, 6) is 0.563. The third-order valence-corrected chi connectivity index (χ3v) is 3.54. The van der Waals surface area contributed by atoms with Crippen molar-refractivity contribution in [3.63, 3.8) is 0 Å². The number of amides is 1. The number of carbonyl (C=O) groups is 1. The fraction of sp³-hybridized carbons (Fsp3) is 0.105. The first kappa shape index (κ1) is 14.9. The first-order valence-corrected chi connectivity index (χ1v) is 7.44. The van der Waals surface area contributed by atoms with E-state index < -0.39 is 0 Å². The van der Waals surface area contributed by atoms with E-state index in [9.17, 15) is 9.90 Å². The van der Waals surface area contributed by atoms with Crippen molar-refractivity contribution in [1.29, 1.82) is 0 Å². The molecule has 0 saturated heterocycles. The molecule has 0 aliphatic heterocycles. The van der Waals surface area contributed by atoms with Gasteiger partial charge >= 0.3 is 0 Å². The Hall–Kier alpha value is -3.01. The lowest BCUT2D eigenvalue weighted by molar-refractivity contribution is 0.0927. The van der Waals surface area contributed by atoms with Gasteiger partial charge in [0.1, 0.15) is 11.5 Å². The maximum Gasteiger partial charge on any atom is 0.287 e. The Labute approximate surface area is 134 Å². The molecule has 1 aromatic heterocycles. The van der Waals surface area contributed by atoms with Crippen LogP contribution in [0.4, 0.5) is 0 Å². The molecule has 0 bridgehead atoms. The molecular weight excluding hydrogens is 290 g/mol. The van der Waals surface area contributed by atoms with Crippen LogP contribution in [0, 0.1) is 0 Å². The molecule has 0 radical (unpaired) electrons. The maximum atomic E-state index is 12.1. The minimum absolute atomic E-state index is 0.123. The zero-order valence-corrected chi connectivity index (χ0v) is 12.5. The molecule has 23 heavy (non-hydrogen) atoms. The highest BCUT2D eigenvalue weighted by atomic mass is 16.4. The summed E-state index contributed by atoms with van der Waals surface area (Å²) >= 11 is 0. The van der Waals surface area contributed by atoms with Gasteiger partial charge in [0.15, 0.2) is 5.76 Å². The van der Waals surface area contributed by atoms with Crippen LogP contribution in [0.1, 0.15) is 16.1 Å². The topological polar surface area (TPSA) is 62.5 Å². The summed E-state index contributed by atoms with van der Waals surface area (Å²) in [5.41, 5.74) is 1.73. The Morgan fingerprint density at radius 2 is 1.70 bits per heavy atom. The Bertz CT molecular complexity index is 793. The number of para-hydroxylation sites is 1. The third kappa shape index (κ3) is 3.61. The lowest BCUT2D eigenvalue weighted by Gasteiger charge is -2.04. The molecule has 4 heteroatoms. The van der Waals surface area contributed by atoms with Crippen molar-refractivity contribution >= 4 is 5.91 Å². The summed E-state index contributed by atoms with van der Waals surface area (Å²) in [7, 11) is 0. The Morgan fingerprint density at radius 3 is 2.48 bits per heavy atom. The van der Waals surface area contributed by atoms with E-state index in [0.29, 0.717) is 17.9 Å².